The summed E-state index contributed by atoms with van der Waals surface area (Å²) in [4.78, 5) is 20.6. The Kier molecular flexibility index (Phi) is 2.75. The summed E-state index contributed by atoms with van der Waals surface area (Å²) in [5, 5.41) is 0. The zero-order chi connectivity index (χ0) is 8.10. The van der Waals surface area contributed by atoms with Crippen LogP contribution in [0.25, 0.3) is 0 Å². The van der Waals surface area contributed by atoms with Crippen molar-refractivity contribution in [1.82, 2.24) is 9.97 Å². The second-order valence-corrected chi connectivity index (χ2v) is 2.07. The number of nitrogens with zero attached hydrogens (tertiary/aromatic N) is 2. The van der Waals surface area contributed by atoms with Gasteiger partial charge in [-0.15, -0.1) is 0 Å². The standard InChI is InChI=1S/C7H3BrN2O/c8-2-1-7(11)6-3-9-5-10-4-6/h3-5H. The SMILES string of the molecule is O=C(C#CBr)c1cncnc1. The molecule has 0 atom stereocenters. The largest absolute Gasteiger partial charge is 0.279 e. The number of rotatable bonds is 1. The molecule has 0 unspecified atom stereocenters. The molecule has 1 rings (SSSR count). The minimum absolute atomic E-state index is 0.289. The van der Waals surface area contributed by atoms with Gasteiger partial charge in [0.2, 0.25) is 5.78 Å². The Morgan fingerprint density at radius 1 is 1.45 bits per heavy atom. The Morgan fingerprint density at radius 2 is 2.09 bits per heavy atom. The number of halogens is 1. The Labute approximate surface area is 72.0 Å². The molecule has 0 aliphatic carbocycles. The molecule has 3 nitrogen and oxygen atoms in total. The van der Waals surface area contributed by atoms with Crippen LogP contribution in [-0.2, 0) is 0 Å². The van der Waals surface area contributed by atoms with Crippen molar-refractivity contribution in [3.63, 3.8) is 0 Å². The zero-order valence-corrected chi connectivity index (χ0v) is 7.00. The van der Waals surface area contributed by atoms with E-state index in [1.165, 1.54) is 18.7 Å². The number of ketones is 1. The molecular formula is C7H3BrN2O. The van der Waals surface area contributed by atoms with Crippen molar-refractivity contribution >= 4 is 21.7 Å². The third kappa shape index (κ3) is 2.13. The Hall–Kier alpha value is -1.21. The first kappa shape index (κ1) is 7.89. The third-order valence-electron chi connectivity index (χ3n) is 0.984. The molecule has 0 radical (unpaired) electrons. The number of hydrogen-bond donors (Lipinski definition) is 0. The van der Waals surface area contributed by atoms with E-state index in [1.54, 1.807) is 0 Å². The summed E-state index contributed by atoms with van der Waals surface area (Å²) in [5.74, 6) is 2.02. The van der Waals surface area contributed by atoms with Crippen LogP contribution >= 0.6 is 15.9 Å². The highest BCUT2D eigenvalue weighted by Gasteiger charge is 1.99. The lowest BCUT2D eigenvalue weighted by Gasteiger charge is -1.87. The zero-order valence-electron chi connectivity index (χ0n) is 5.41. The van der Waals surface area contributed by atoms with E-state index in [0.717, 1.165) is 0 Å². The molecule has 1 aromatic heterocycles. The van der Waals surface area contributed by atoms with Crippen LogP contribution < -0.4 is 0 Å². The number of aromatic nitrogens is 2. The maximum Gasteiger partial charge on any atom is 0.239 e. The molecule has 0 amide bonds. The number of carbonyl (C=O) groups is 1. The van der Waals surface area contributed by atoms with E-state index in [-0.39, 0.29) is 5.78 Å². The maximum absolute atomic E-state index is 11.0. The van der Waals surface area contributed by atoms with E-state index in [4.69, 9.17) is 0 Å². The highest BCUT2D eigenvalue weighted by Crippen LogP contribution is 1.93. The summed E-state index contributed by atoms with van der Waals surface area (Å²) in [6.45, 7) is 0. The highest BCUT2D eigenvalue weighted by atomic mass is 79.9. The Morgan fingerprint density at radius 3 is 2.64 bits per heavy atom. The minimum Gasteiger partial charge on any atom is -0.279 e. The Balaban J connectivity index is 2.92. The van der Waals surface area contributed by atoms with Gasteiger partial charge >= 0.3 is 0 Å². The molecular weight excluding hydrogens is 208 g/mol. The van der Waals surface area contributed by atoms with Crippen LogP contribution in [0.4, 0.5) is 0 Å². The van der Waals surface area contributed by atoms with Crippen molar-refractivity contribution in [3.05, 3.63) is 24.3 Å². The molecule has 0 aliphatic rings. The van der Waals surface area contributed by atoms with E-state index >= 15 is 0 Å². The van der Waals surface area contributed by atoms with Crippen molar-refractivity contribution in [2.75, 3.05) is 0 Å². The number of hydrogen-bond acceptors (Lipinski definition) is 3. The van der Waals surface area contributed by atoms with Crippen LogP contribution in [0.3, 0.4) is 0 Å². The van der Waals surface area contributed by atoms with Gasteiger partial charge in [0.15, 0.2) is 0 Å². The van der Waals surface area contributed by atoms with E-state index in [2.05, 4.69) is 36.6 Å². The molecule has 0 N–H and O–H groups in total. The van der Waals surface area contributed by atoms with Gasteiger partial charge in [0.05, 0.1) is 5.56 Å². The molecule has 1 heterocycles. The molecule has 0 spiro atoms. The van der Waals surface area contributed by atoms with Crippen molar-refractivity contribution in [1.29, 1.82) is 0 Å². The van der Waals surface area contributed by atoms with Crippen LogP contribution in [0, 0.1) is 10.8 Å². The monoisotopic (exact) mass is 210 g/mol. The molecule has 0 aromatic carbocycles. The van der Waals surface area contributed by atoms with E-state index in [0.29, 0.717) is 5.56 Å². The van der Waals surface area contributed by atoms with Gasteiger partial charge in [-0.05, 0) is 10.8 Å². The normalized spacial score (nSPS) is 8.09. The summed E-state index contributed by atoms with van der Waals surface area (Å²) in [5.41, 5.74) is 0.402. The van der Waals surface area contributed by atoms with Crippen LogP contribution in [0.15, 0.2) is 18.7 Å². The van der Waals surface area contributed by atoms with E-state index < -0.39 is 0 Å². The van der Waals surface area contributed by atoms with Gasteiger partial charge in [-0.25, -0.2) is 9.97 Å². The first-order valence-corrected chi connectivity index (χ1v) is 3.55. The maximum atomic E-state index is 11.0. The molecule has 0 saturated carbocycles. The second-order valence-electron chi connectivity index (χ2n) is 1.68. The van der Waals surface area contributed by atoms with Crippen LogP contribution in [0.2, 0.25) is 0 Å². The summed E-state index contributed by atoms with van der Waals surface area (Å²) < 4.78 is 0. The molecule has 0 fully saturated rings. The van der Waals surface area contributed by atoms with Gasteiger partial charge in [0.1, 0.15) is 6.33 Å². The molecule has 11 heavy (non-hydrogen) atoms. The highest BCUT2D eigenvalue weighted by molar-refractivity contribution is 9.12. The number of Topliss-reactive ketones (excluding diaryl/α,β-unsaturated/α-hetero) is 1. The second kappa shape index (κ2) is 3.84. The van der Waals surface area contributed by atoms with E-state index in [9.17, 15) is 4.79 Å². The average Bonchev–Trinajstić information content (AvgIpc) is 2.07. The first-order chi connectivity index (χ1) is 5.34. The van der Waals surface area contributed by atoms with Crippen molar-refractivity contribution in [2.24, 2.45) is 0 Å². The van der Waals surface area contributed by atoms with Crippen LogP contribution in [0.1, 0.15) is 10.4 Å². The first-order valence-electron chi connectivity index (χ1n) is 2.75. The fourth-order valence-electron chi connectivity index (χ4n) is 0.531. The lowest BCUT2D eigenvalue weighted by Crippen LogP contribution is -1.95. The lowest BCUT2D eigenvalue weighted by atomic mass is 10.2. The summed E-state index contributed by atoms with van der Waals surface area (Å²) in [6, 6.07) is 0. The van der Waals surface area contributed by atoms with Gasteiger partial charge in [-0.1, -0.05) is 0 Å². The quantitative estimate of drug-likeness (QED) is 0.514. The van der Waals surface area contributed by atoms with E-state index in [1.807, 2.05) is 0 Å². The minimum atomic E-state index is -0.289. The third-order valence-corrected chi connectivity index (χ3v) is 1.18. The topological polar surface area (TPSA) is 42.9 Å². The molecule has 1 aromatic rings. The summed E-state index contributed by atoms with van der Waals surface area (Å²) in [6.07, 6.45) is 4.21. The summed E-state index contributed by atoms with van der Waals surface area (Å²) >= 11 is 2.82. The predicted molar refractivity (Wildman–Crippen MR) is 43.1 cm³/mol. The smallest absolute Gasteiger partial charge is 0.239 e. The molecule has 0 saturated heterocycles. The van der Waals surface area contributed by atoms with Crippen molar-refractivity contribution < 1.29 is 4.79 Å². The fraction of sp³-hybridized carbons (Fsp3) is 0. The summed E-state index contributed by atoms with van der Waals surface area (Å²) in [7, 11) is 0. The van der Waals surface area contributed by atoms with Crippen molar-refractivity contribution in [3.8, 4) is 10.8 Å². The molecule has 0 aliphatic heterocycles. The van der Waals surface area contributed by atoms with Crippen LogP contribution in [-0.4, -0.2) is 15.8 Å². The molecule has 0 bridgehead atoms. The van der Waals surface area contributed by atoms with Gasteiger partial charge in [0.25, 0.3) is 0 Å². The van der Waals surface area contributed by atoms with Crippen molar-refractivity contribution in [2.45, 2.75) is 0 Å². The van der Waals surface area contributed by atoms with Gasteiger partial charge in [-0.2, -0.15) is 0 Å². The Bertz CT molecular complexity index is 312. The molecule has 54 valence electrons. The van der Waals surface area contributed by atoms with Gasteiger partial charge in [0, 0.05) is 28.3 Å². The lowest BCUT2D eigenvalue weighted by molar-refractivity contribution is 0.105. The number of carbonyl (C=O) groups excluding carboxylic acids is 1. The predicted octanol–water partition coefficient (Wildman–Crippen LogP) is 1.02. The fourth-order valence-corrected chi connectivity index (χ4v) is 0.711. The average molecular weight is 211 g/mol. The molecule has 4 heteroatoms. The van der Waals surface area contributed by atoms with Gasteiger partial charge in [-0.3, -0.25) is 4.79 Å². The van der Waals surface area contributed by atoms with Gasteiger partial charge < -0.3 is 0 Å². The van der Waals surface area contributed by atoms with Crippen LogP contribution in [0.5, 0.6) is 0 Å².